The molecule has 2 N–H and O–H groups in total. The molecule has 1 unspecified atom stereocenters. The first-order chi connectivity index (χ1) is 18.9. The monoisotopic (exact) mass is 540 g/mol. The van der Waals surface area contributed by atoms with Crippen molar-refractivity contribution in [3.05, 3.63) is 89.1 Å². The molecule has 1 amide bonds. The number of aliphatic carboxylic acids is 1. The van der Waals surface area contributed by atoms with Gasteiger partial charge < -0.3 is 14.4 Å². The average Bonchev–Trinajstić information content (AvgIpc) is 3.49. The molecule has 4 aromatic rings. The molecule has 1 fully saturated rings. The summed E-state index contributed by atoms with van der Waals surface area (Å²) in [4.78, 5) is 25.6. The maximum Gasteiger partial charge on any atom is 0.412 e. The molecular weight excluding hydrogens is 512 g/mol. The van der Waals surface area contributed by atoms with Gasteiger partial charge in [-0.15, -0.1) is 11.8 Å². The standard InChI is InChI=1S/C31H28N2O5S/c1-18-26(32-30(36)37-19(2)20-6-4-3-5-7-20)27(38-33-18)25-13-12-23(24-14-17-39-28(24)25)21-8-10-22(11-9-21)31(15-16-31)29(34)35/h3-13,19H,14-17H2,1-2H3,(H,32,36)(H,34,35). The fourth-order valence-corrected chi connectivity index (χ4v) is 6.46. The summed E-state index contributed by atoms with van der Waals surface area (Å²) in [6.45, 7) is 3.62. The van der Waals surface area contributed by atoms with Crippen molar-refractivity contribution in [3.8, 4) is 22.5 Å². The molecule has 0 bridgehead atoms. The number of ether oxygens (including phenoxy) is 1. The van der Waals surface area contributed by atoms with Crippen molar-refractivity contribution in [2.24, 2.45) is 0 Å². The molecule has 39 heavy (non-hydrogen) atoms. The van der Waals surface area contributed by atoms with Crippen LogP contribution >= 0.6 is 11.8 Å². The minimum Gasteiger partial charge on any atom is -0.481 e. The van der Waals surface area contributed by atoms with Gasteiger partial charge in [-0.2, -0.15) is 0 Å². The lowest BCUT2D eigenvalue weighted by molar-refractivity contribution is -0.140. The van der Waals surface area contributed by atoms with Gasteiger partial charge in [0.25, 0.3) is 0 Å². The molecule has 2 aliphatic rings. The molecule has 2 heterocycles. The van der Waals surface area contributed by atoms with E-state index in [0.29, 0.717) is 30.0 Å². The fourth-order valence-electron chi connectivity index (χ4n) is 5.25. The summed E-state index contributed by atoms with van der Waals surface area (Å²) in [5, 5.41) is 16.6. The Morgan fingerprint density at radius 3 is 2.46 bits per heavy atom. The molecule has 6 rings (SSSR count). The van der Waals surface area contributed by atoms with Crippen molar-refractivity contribution in [2.75, 3.05) is 11.1 Å². The van der Waals surface area contributed by atoms with Crippen LogP contribution in [0.4, 0.5) is 10.5 Å². The van der Waals surface area contributed by atoms with Crippen molar-refractivity contribution in [1.82, 2.24) is 5.16 Å². The molecule has 1 aliphatic heterocycles. The Labute approximate surface area is 230 Å². The normalized spacial score (nSPS) is 15.8. The van der Waals surface area contributed by atoms with Crippen LogP contribution in [0.5, 0.6) is 0 Å². The first kappa shape index (κ1) is 25.2. The number of nitrogens with zero attached hydrogens (tertiary/aromatic N) is 1. The van der Waals surface area contributed by atoms with Crippen LogP contribution in [0.1, 0.15) is 48.3 Å². The van der Waals surface area contributed by atoms with Crippen molar-refractivity contribution in [1.29, 1.82) is 0 Å². The third-order valence-electron chi connectivity index (χ3n) is 7.65. The van der Waals surface area contributed by atoms with E-state index in [2.05, 4.69) is 16.5 Å². The first-order valence-corrected chi connectivity index (χ1v) is 14.0. The van der Waals surface area contributed by atoms with E-state index in [-0.39, 0.29) is 0 Å². The summed E-state index contributed by atoms with van der Waals surface area (Å²) in [6.07, 6.45) is 1.29. The number of hydrogen-bond acceptors (Lipinski definition) is 6. The van der Waals surface area contributed by atoms with Crippen LogP contribution in [0.2, 0.25) is 0 Å². The molecule has 7 nitrogen and oxygen atoms in total. The van der Waals surface area contributed by atoms with Gasteiger partial charge in [-0.3, -0.25) is 10.1 Å². The third-order valence-corrected chi connectivity index (χ3v) is 8.82. The number of benzene rings is 3. The lowest BCUT2D eigenvalue weighted by atomic mass is 9.91. The predicted molar refractivity (Wildman–Crippen MR) is 150 cm³/mol. The summed E-state index contributed by atoms with van der Waals surface area (Å²) in [5.41, 5.74) is 6.38. The molecule has 1 saturated carbocycles. The van der Waals surface area contributed by atoms with E-state index < -0.39 is 23.6 Å². The molecule has 0 radical (unpaired) electrons. The van der Waals surface area contributed by atoms with Gasteiger partial charge in [0, 0.05) is 16.2 Å². The summed E-state index contributed by atoms with van der Waals surface area (Å²) in [5.74, 6) is 0.690. The number of carbonyl (C=O) groups is 2. The van der Waals surface area contributed by atoms with E-state index in [1.54, 1.807) is 18.7 Å². The van der Waals surface area contributed by atoms with Crippen molar-refractivity contribution >= 4 is 29.5 Å². The number of aryl methyl sites for hydroxylation is 1. The maximum absolute atomic E-state index is 12.8. The predicted octanol–water partition coefficient (Wildman–Crippen LogP) is 7.39. The second kappa shape index (κ2) is 9.93. The number of carboxylic acids is 1. The number of aromatic nitrogens is 1. The molecule has 0 saturated heterocycles. The van der Waals surface area contributed by atoms with Crippen molar-refractivity contribution in [3.63, 3.8) is 0 Å². The Bertz CT molecular complexity index is 1560. The van der Waals surface area contributed by atoms with Gasteiger partial charge in [0.05, 0.1) is 5.41 Å². The van der Waals surface area contributed by atoms with Gasteiger partial charge >= 0.3 is 12.1 Å². The van der Waals surface area contributed by atoms with Gasteiger partial charge in [0.15, 0.2) is 5.76 Å². The minimum absolute atomic E-state index is 0.411. The van der Waals surface area contributed by atoms with E-state index in [1.165, 1.54) is 5.56 Å². The smallest absolute Gasteiger partial charge is 0.412 e. The number of fused-ring (bicyclic) bond motifs is 1. The van der Waals surface area contributed by atoms with E-state index in [0.717, 1.165) is 44.9 Å². The second-order valence-electron chi connectivity index (χ2n) is 10.1. The summed E-state index contributed by atoms with van der Waals surface area (Å²) in [7, 11) is 0. The van der Waals surface area contributed by atoms with Crippen LogP contribution in [0.3, 0.4) is 0 Å². The molecule has 1 atom stereocenters. The third kappa shape index (κ3) is 4.59. The van der Waals surface area contributed by atoms with Gasteiger partial charge in [-0.05, 0) is 67.0 Å². The van der Waals surface area contributed by atoms with Gasteiger partial charge in [-0.25, -0.2) is 4.79 Å². The highest BCUT2D eigenvalue weighted by atomic mass is 32.2. The molecule has 198 valence electrons. The molecule has 0 spiro atoms. The summed E-state index contributed by atoms with van der Waals surface area (Å²) in [6, 6.07) is 21.6. The Kier molecular flexibility index (Phi) is 6.43. The SMILES string of the molecule is Cc1noc(-c2ccc(-c3ccc(C4(C(=O)O)CC4)cc3)c3c2SCC3)c1NC(=O)OC(C)c1ccccc1. The Morgan fingerprint density at radius 1 is 1.05 bits per heavy atom. The van der Waals surface area contributed by atoms with E-state index in [9.17, 15) is 14.7 Å². The highest BCUT2D eigenvalue weighted by Crippen LogP contribution is 2.50. The van der Waals surface area contributed by atoms with Gasteiger partial charge in [0.2, 0.25) is 0 Å². The quantitative estimate of drug-likeness (QED) is 0.252. The number of thioether (sulfide) groups is 1. The van der Waals surface area contributed by atoms with Crippen molar-refractivity contribution in [2.45, 2.75) is 49.5 Å². The average molecular weight is 541 g/mol. The number of amides is 1. The maximum atomic E-state index is 12.8. The zero-order valence-electron chi connectivity index (χ0n) is 21.7. The van der Waals surface area contributed by atoms with Crippen LogP contribution in [-0.2, 0) is 21.4 Å². The number of rotatable bonds is 7. The number of nitrogens with one attached hydrogen (secondary N) is 1. The second-order valence-corrected chi connectivity index (χ2v) is 11.2. The zero-order chi connectivity index (χ0) is 27.1. The number of hydrogen-bond donors (Lipinski definition) is 2. The van der Waals surface area contributed by atoms with Crippen LogP contribution in [0.25, 0.3) is 22.5 Å². The van der Waals surface area contributed by atoms with Crippen LogP contribution in [-0.4, -0.2) is 28.1 Å². The summed E-state index contributed by atoms with van der Waals surface area (Å²) < 4.78 is 11.4. The van der Waals surface area contributed by atoms with Gasteiger partial charge in [-0.1, -0.05) is 65.8 Å². The first-order valence-electron chi connectivity index (χ1n) is 13.0. The Morgan fingerprint density at radius 2 is 1.77 bits per heavy atom. The fraction of sp³-hybridized carbons (Fsp3) is 0.258. The van der Waals surface area contributed by atoms with Crippen LogP contribution in [0.15, 0.2) is 76.1 Å². The van der Waals surface area contributed by atoms with E-state index in [4.69, 9.17) is 9.26 Å². The molecular formula is C31H28N2O5S. The Hall–Kier alpha value is -4.04. The lowest BCUT2D eigenvalue weighted by Gasteiger charge is -2.16. The number of carbonyl (C=O) groups excluding carboxylic acids is 1. The largest absolute Gasteiger partial charge is 0.481 e. The molecule has 1 aliphatic carbocycles. The zero-order valence-corrected chi connectivity index (χ0v) is 22.5. The number of carboxylic acid groups (broad SMARTS) is 1. The van der Waals surface area contributed by atoms with E-state index in [1.807, 2.05) is 67.6 Å². The molecule has 8 heteroatoms. The lowest BCUT2D eigenvalue weighted by Crippen LogP contribution is -2.19. The van der Waals surface area contributed by atoms with Crippen molar-refractivity contribution < 1.29 is 24.0 Å². The topological polar surface area (TPSA) is 102 Å². The summed E-state index contributed by atoms with van der Waals surface area (Å²) >= 11 is 1.75. The highest BCUT2D eigenvalue weighted by Gasteiger charge is 2.51. The van der Waals surface area contributed by atoms with Crippen LogP contribution in [0, 0.1) is 6.92 Å². The molecule has 1 aromatic heterocycles. The van der Waals surface area contributed by atoms with Crippen LogP contribution < -0.4 is 5.32 Å². The Balaban J connectivity index is 1.27. The molecule has 3 aromatic carbocycles. The highest BCUT2D eigenvalue weighted by molar-refractivity contribution is 7.99. The minimum atomic E-state index is -0.748. The van der Waals surface area contributed by atoms with Gasteiger partial charge in [0.1, 0.15) is 17.5 Å². The number of anilines is 1. The van der Waals surface area contributed by atoms with E-state index >= 15 is 0 Å².